The van der Waals surface area contributed by atoms with Gasteiger partial charge in [0.1, 0.15) is 11.9 Å². The lowest BCUT2D eigenvalue weighted by atomic mass is 10.1. The average Bonchev–Trinajstić information content (AvgIpc) is 3.06. The second-order valence-corrected chi connectivity index (χ2v) is 5.62. The lowest BCUT2D eigenvalue weighted by Crippen LogP contribution is -2.07. The van der Waals surface area contributed by atoms with Gasteiger partial charge in [-0.3, -0.25) is 4.68 Å². The van der Waals surface area contributed by atoms with E-state index in [0.29, 0.717) is 17.8 Å². The smallest absolute Gasteiger partial charge is 0.124 e. The molecule has 120 valence electrons. The van der Waals surface area contributed by atoms with Crippen molar-refractivity contribution >= 4 is 5.69 Å². The first-order chi connectivity index (χ1) is 11.7. The van der Waals surface area contributed by atoms with Gasteiger partial charge in [0.05, 0.1) is 30.0 Å². The molecule has 0 amide bonds. The molecule has 1 heterocycles. The summed E-state index contributed by atoms with van der Waals surface area (Å²) in [5.74, 6) is -0.416. The van der Waals surface area contributed by atoms with Crippen LogP contribution in [0.2, 0.25) is 0 Å². The van der Waals surface area contributed by atoms with E-state index in [-0.39, 0.29) is 6.04 Å². The third-order valence-corrected chi connectivity index (χ3v) is 3.81. The molecule has 3 aromatic rings. The molecule has 1 atom stereocenters. The van der Waals surface area contributed by atoms with Crippen molar-refractivity contribution in [2.24, 2.45) is 0 Å². The van der Waals surface area contributed by atoms with Crippen LogP contribution in [0.4, 0.5) is 10.1 Å². The van der Waals surface area contributed by atoms with Crippen LogP contribution in [0.15, 0.2) is 60.9 Å². The van der Waals surface area contributed by atoms with Crippen LogP contribution in [0.25, 0.3) is 0 Å². The molecular formula is C19H17FN4. The Kier molecular flexibility index (Phi) is 4.57. The number of halogens is 1. The van der Waals surface area contributed by atoms with Crippen molar-refractivity contribution < 1.29 is 4.39 Å². The van der Waals surface area contributed by atoms with Gasteiger partial charge in [0.2, 0.25) is 0 Å². The zero-order chi connectivity index (χ0) is 16.9. The van der Waals surface area contributed by atoms with Crippen LogP contribution in [0.1, 0.15) is 29.7 Å². The van der Waals surface area contributed by atoms with Gasteiger partial charge in [-0.25, -0.2) is 4.39 Å². The van der Waals surface area contributed by atoms with E-state index in [9.17, 15) is 4.39 Å². The number of nitriles is 1. The molecule has 0 aliphatic heterocycles. The summed E-state index contributed by atoms with van der Waals surface area (Å²) < 4.78 is 15.1. The van der Waals surface area contributed by atoms with E-state index in [1.54, 1.807) is 12.3 Å². The minimum Gasteiger partial charge on any atom is -0.377 e. The SMILES string of the molecule is CC(Nc1ccc(F)cc1C#N)c1cnn(Cc2ccccc2)c1. The molecule has 0 aliphatic carbocycles. The van der Waals surface area contributed by atoms with Crippen LogP contribution in [0.5, 0.6) is 0 Å². The predicted octanol–water partition coefficient (Wildman–Crippen LogP) is 4.12. The largest absolute Gasteiger partial charge is 0.377 e. The molecule has 4 nitrogen and oxygen atoms in total. The van der Waals surface area contributed by atoms with Gasteiger partial charge in [0.25, 0.3) is 0 Å². The number of hydrogen-bond acceptors (Lipinski definition) is 3. The summed E-state index contributed by atoms with van der Waals surface area (Å²) in [5.41, 5.74) is 3.08. The fourth-order valence-corrected chi connectivity index (χ4v) is 2.51. The topological polar surface area (TPSA) is 53.6 Å². The number of nitrogens with zero attached hydrogens (tertiary/aromatic N) is 3. The number of rotatable bonds is 5. The maximum Gasteiger partial charge on any atom is 0.124 e. The Bertz CT molecular complexity index is 865. The summed E-state index contributed by atoms with van der Waals surface area (Å²) >= 11 is 0. The molecule has 0 fully saturated rings. The fourth-order valence-electron chi connectivity index (χ4n) is 2.51. The van der Waals surface area contributed by atoms with Crippen LogP contribution >= 0.6 is 0 Å². The molecule has 5 heteroatoms. The molecule has 0 bridgehead atoms. The zero-order valence-electron chi connectivity index (χ0n) is 13.3. The van der Waals surface area contributed by atoms with Crippen molar-refractivity contribution in [3.63, 3.8) is 0 Å². The lowest BCUT2D eigenvalue weighted by molar-refractivity contribution is 0.627. The maximum absolute atomic E-state index is 13.2. The zero-order valence-corrected chi connectivity index (χ0v) is 13.3. The highest BCUT2D eigenvalue weighted by Crippen LogP contribution is 2.22. The molecule has 1 N–H and O–H groups in total. The van der Waals surface area contributed by atoms with Crippen LogP contribution in [-0.4, -0.2) is 9.78 Å². The second kappa shape index (κ2) is 6.97. The minimum atomic E-state index is -0.416. The Morgan fingerprint density at radius 1 is 1.25 bits per heavy atom. The quantitative estimate of drug-likeness (QED) is 0.769. The highest BCUT2D eigenvalue weighted by atomic mass is 19.1. The molecule has 0 radical (unpaired) electrons. The predicted molar refractivity (Wildman–Crippen MR) is 90.9 cm³/mol. The van der Waals surface area contributed by atoms with Gasteiger partial charge in [-0.1, -0.05) is 30.3 Å². The highest BCUT2D eigenvalue weighted by molar-refractivity contribution is 5.58. The molecule has 0 saturated heterocycles. The van der Waals surface area contributed by atoms with E-state index >= 15 is 0 Å². The van der Waals surface area contributed by atoms with Gasteiger partial charge in [-0.05, 0) is 30.7 Å². The molecular weight excluding hydrogens is 303 g/mol. The van der Waals surface area contributed by atoms with Gasteiger partial charge < -0.3 is 5.32 Å². The van der Waals surface area contributed by atoms with E-state index in [1.807, 2.05) is 42.1 Å². The summed E-state index contributed by atoms with van der Waals surface area (Å²) in [6.45, 7) is 2.68. The molecule has 1 unspecified atom stereocenters. The van der Waals surface area contributed by atoms with E-state index in [0.717, 1.165) is 5.56 Å². The number of hydrogen-bond donors (Lipinski definition) is 1. The summed E-state index contributed by atoms with van der Waals surface area (Å²) in [4.78, 5) is 0. The van der Waals surface area contributed by atoms with Crippen LogP contribution in [0, 0.1) is 17.1 Å². The van der Waals surface area contributed by atoms with Gasteiger partial charge >= 0.3 is 0 Å². The number of nitrogens with one attached hydrogen (secondary N) is 1. The minimum absolute atomic E-state index is 0.0490. The third-order valence-electron chi connectivity index (χ3n) is 3.81. The molecule has 24 heavy (non-hydrogen) atoms. The standard InChI is InChI=1S/C19H17FN4/c1-14(23-19-8-7-18(20)9-16(19)10-21)17-11-22-24(13-17)12-15-5-3-2-4-6-15/h2-9,11,13-14,23H,12H2,1H3. The van der Waals surface area contributed by atoms with E-state index in [1.165, 1.54) is 17.7 Å². The van der Waals surface area contributed by atoms with Crippen LogP contribution in [-0.2, 0) is 6.54 Å². The van der Waals surface area contributed by atoms with Crippen molar-refractivity contribution in [3.8, 4) is 6.07 Å². The first kappa shape index (κ1) is 15.8. The number of aromatic nitrogens is 2. The van der Waals surface area contributed by atoms with Crippen LogP contribution in [0.3, 0.4) is 0 Å². The summed E-state index contributed by atoms with van der Waals surface area (Å²) in [6, 6.07) is 16.2. The fraction of sp³-hybridized carbons (Fsp3) is 0.158. The number of anilines is 1. The van der Waals surface area contributed by atoms with Gasteiger partial charge in [0, 0.05) is 11.8 Å². The monoisotopic (exact) mass is 320 g/mol. The first-order valence-corrected chi connectivity index (χ1v) is 7.68. The van der Waals surface area contributed by atoms with E-state index in [2.05, 4.69) is 22.5 Å². The summed E-state index contributed by atoms with van der Waals surface area (Å²) in [6.07, 6.45) is 3.77. The van der Waals surface area contributed by atoms with Crippen molar-refractivity contribution in [1.82, 2.24) is 9.78 Å². The average molecular weight is 320 g/mol. The first-order valence-electron chi connectivity index (χ1n) is 7.68. The van der Waals surface area contributed by atoms with Crippen LogP contribution < -0.4 is 5.32 Å². The lowest BCUT2D eigenvalue weighted by Gasteiger charge is -2.14. The van der Waals surface area contributed by atoms with E-state index in [4.69, 9.17) is 5.26 Å². The Labute approximate surface area is 140 Å². The van der Waals surface area contributed by atoms with Crippen molar-refractivity contribution in [1.29, 1.82) is 5.26 Å². The van der Waals surface area contributed by atoms with Gasteiger partial charge in [0.15, 0.2) is 0 Å². The second-order valence-electron chi connectivity index (χ2n) is 5.62. The Balaban J connectivity index is 1.72. The third kappa shape index (κ3) is 3.61. The molecule has 0 spiro atoms. The highest BCUT2D eigenvalue weighted by Gasteiger charge is 2.11. The van der Waals surface area contributed by atoms with Crippen molar-refractivity contribution in [2.45, 2.75) is 19.5 Å². The van der Waals surface area contributed by atoms with Crippen molar-refractivity contribution in [3.05, 3.63) is 83.4 Å². The maximum atomic E-state index is 13.2. The Morgan fingerprint density at radius 2 is 2.04 bits per heavy atom. The normalized spacial score (nSPS) is 11.7. The number of benzene rings is 2. The molecule has 3 rings (SSSR count). The molecule has 0 saturated carbocycles. The van der Waals surface area contributed by atoms with Crippen molar-refractivity contribution in [2.75, 3.05) is 5.32 Å². The van der Waals surface area contributed by atoms with Gasteiger partial charge in [-0.2, -0.15) is 10.4 Å². The summed E-state index contributed by atoms with van der Waals surface area (Å²) in [7, 11) is 0. The Hall–Kier alpha value is -3.13. The summed E-state index contributed by atoms with van der Waals surface area (Å²) in [5, 5.41) is 16.7. The molecule has 0 aliphatic rings. The Morgan fingerprint density at radius 3 is 2.79 bits per heavy atom. The van der Waals surface area contributed by atoms with E-state index < -0.39 is 5.82 Å². The van der Waals surface area contributed by atoms with Gasteiger partial charge in [-0.15, -0.1) is 0 Å². The molecule has 1 aromatic heterocycles. The molecule has 2 aromatic carbocycles.